The number of amides is 5. The Labute approximate surface area is 267 Å². The summed E-state index contributed by atoms with van der Waals surface area (Å²) in [5, 5.41) is 43.5. The third kappa shape index (κ3) is 16.6. The quantitative estimate of drug-likeness (QED) is 0.0920. The highest BCUT2D eigenvalue weighted by molar-refractivity contribution is 5.92. The molecule has 7 atom stereocenters. The molecule has 0 radical (unpaired) electrons. The highest BCUT2D eigenvalue weighted by Gasteiger charge is 2.33. The number of carboxylic acid groups (broad SMARTS) is 1. The van der Waals surface area contributed by atoms with Crippen molar-refractivity contribution in [2.45, 2.75) is 137 Å². The second-order valence-corrected chi connectivity index (χ2v) is 13.4. The van der Waals surface area contributed by atoms with Gasteiger partial charge in [0.25, 0.3) is 0 Å². The summed E-state index contributed by atoms with van der Waals surface area (Å²) in [5.74, 6) is -4.48. The second-order valence-electron chi connectivity index (χ2n) is 13.4. The Kier molecular flexibility index (Phi) is 18.5. The lowest BCUT2D eigenvalue weighted by Gasteiger charge is -2.31. The first-order valence-electron chi connectivity index (χ1n) is 15.7. The van der Waals surface area contributed by atoms with Crippen LogP contribution < -0.4 is 26.6 Å². The maximum atomic E-state index is 13.3. The van der Waals surface area contributed by atoms with E-state index >= 15 is 0 Å². The van der Waals surface area contributed by atoms with Crippen LogP contribution in [0.4, 0.5) is 0 Å². The van der Waals surface area contributed by atoms with Crippen molar-refractivity contribution in [2.75, 3.05) is 0 Å². The predicted octanol–water partition coefficient (Wildman–Crippen LogP) is 0.441. The molecule has 0 bridgehead atoms. The van der Waals surface area contributed by atoms with Crippen LogP contribution in [0, 0.1) is 23.7 Å². The van der Waals surface area contributed by atoms with E-state index in [0.29, 0.717) is 12.8 Å². The van der Waals surface area contributed by atoms with Crippen LogP contribution in [0.25, 0.3) is 0 Å². The molecule has 5 amide bonds. The summed E-state index contributed by atoms with van der Waals surface area (Å²) in [5.41, 5.74) is 0. The van der Waals surface area contributed by atoms with Crippen molar-refractivity contribution in [3.63, 3.8) is 0 Å². The Hall–Kier alpha value is -3.26. The van der Waals surface area contributed by atoms with Crippen molar-refractivity contribution in [1.29, 1.82) is 0 Å². The third-order valence-electron chi connectivity index (χ3n) is 7.14. The van der Waals surface area contributed by atoms with E-state index in [-0.39, 0.29) is 29.6 Å². The van der Waals surface area contributed by atoms with Gasteiger partial charge in [-0.3, -0.25) is 28.8 Å². The molecule has 0 aromatic rings. The Balaban J connectivity index is 5.54. The minimum atomic E-state index is -1.33. The van der Waals surface area contributed by atoms with Crippen LogP contribution in [0.1, 0.15) is 94.9 Å². The standard InChI is InChI=1S/C31H57N5O9/c1-15(2)11-21(35-30(44)28(18(7)8)36-31(45)27(17(5)6)33-20(10)37)23(38)13-25(40)32-19(9)29(43)34-22(12-16(3)4)24(39)14-26(41)42/h15-19,21-24,27-28,38-39H,11-14H2,1-10H3,(H,32,40)(H,33,37)(H,34,43)(H,35,44)(H,36,45)(H,41,42)/t19-,21-,22-,23-,24-,27+,28+/m1/s1. The zero-order chi connectivity index (χ0) is 35.2. The molecule has 0 aliphatic rings. The first-order valence-corrected chi connectivity index (χ1v) is 15.7. The summed E-state index contributed by atoms with van der Waals surface area (Å²) < 4.78 is 0. The number of aliphatic carboxylic acids is 1. The van der Waals surface area contributed by atoms with E-state index in [4.69, 9.17) is 5.11 Å². The molecule has 0 saturated carbocycles. The highest BCUT2D eigenvalue weighted by atomic mass is 16.4. The van der Waals surface area contributed by atoms with Gasteiger partial charge in [0.1, 0.15) is 18.1 Å². The van der Waals surface area contributed by atoms with Crippen molar-refractivity contribution >= 4 is 35.5 Å². The van der Waals surface area contributed by atoms with Crippen molar-refractivity contribution in [3.8, 4) is 0 Å². The summed E-state index contributed by atoms with van der Waals surface area (Å²) in [6.45, 7) is 17.2. The molecule has 14 nitrogen and oxygen atoms in total. The lowest BCUT2D eigenvalue weighted by molar-refractivity contribution is -0.140. The lowest BCUT2D eigenvalue weighted by atomic mass is 9.95. The Bertz CT molecular complexity index is 1000. The van der Waals surface area contributed by atoms with Gasteiger partial charge in [0.05, 0.1) is 37.1 Å². The molecule has 0 aliphatic heterocycles. The number of hydrogen-bond donors (Lipinski definition) is 8. The van der Waals surface area contributed by atoms with Gasteiger partial charge < -0.3 is 41.9 Å². The number of hydrogen-bond acceptors (Lipinski definition) is 8. The topological polar surface area (TPSA) is 223 Å². The monoisotopic (exact) mass is 643 g/mol. The Morgan fingerprint density at radius 3 is 1.36 bits per heavy atom. The minimum absolute atomic E-state index is 0.0185. The van der Waals surface area contributed by atoms with E-state index in [1.165, 1.54) is 13.8 Å². The molecule has 0 heterocycles. The van der Waals surface area contributed by atoms with E-state index in [1.54, 1.807) is 27.7 Å². The maximum absolute atomic E-state index is 13.3. The van der Waals surface area contributed by atoms with Gasteiger partial charge >= 0.3 is 5.97 Å². The number of rotatable bonds is 20. The molecule has 0 aliphatic carbocycles. The molecular weight excluding hydrogens is 586 g/mol. The number of carboxylic acids is 1. The van der Waals surface area contributed by atoms with E-state index in [0.717, 1.165) is 0 Å². The fourth-order valence-electron chi connectivity index (χ4n) is 4.77. The van der Waals surface area contributed by atoms with Crippen LogP contribution >= 0.6 is 0 Å². The van der Waals surface area contributed by atoms with Crippen molar-refractivity contribution in [3.05, 3.63) is 0 Å². The average molecular weight is 644 g/mol. The van der Waals surface area contributed by atoms with Gasteiger partial charge in [-0.15, -0.1) is 0 Å². The summed E-state index contributed by atoms with van der Waals surface area (Å²) in [6, 6.07) is -4.59. The predicted molar refractivity (Wildman–Crippen MR) is 168 cm³/mol. The molecule has 8 N–H and O–H groups in total. The highest BCUT2D eigenvalue weighted by Crippen LogP contribution is 2.14. The number of carbonyl (C=O) groups is 6. The van der Waals surface area contributed by atoms with Gasteiger partial charge in [0, 0.05) is 6.92 Å². The van der Waals surface area contributed by atoms with Crippen molar-refractivity contribution < 1.29 is 44.1 Å². The molecule has 0 spiro atoms. The molecule has 0 aromatic heterocycles. The minimum Gasteiger partial charge on any atom is -0.481 e. The molecule has 45 heavy (non-hydrogen) atoms. The molecule has 0 saturated heterocycles. The zero-order valence-electron chi connectivity index (χ0n) is 28.5. The summed E-state index contributed by atoms with van der Waals surface area (Å²) in [4.78, 5) is 74.6. The molecule has 0 unspecified atom stereocenters. The largest absolute Gasteiger partial charge is 0.481 e. The lowest BCUT2D eigenvalue weighted by Crippen LogP contribution is -2.59. The van der Waals surface area contributed by atoms with Gasteiger partial charge in [-0.1, -0.05) is 55.4 Å². The Morgan fingerprint density at radius 2 is 0.956 bits per heavy atom. The van der Waals surface area contributed by atoms with E-state index < -0.39 is 84.9 Å². The maximum Gasteiger partial charge on any atom is 0.306 e. The first-order chi connectivity index (χ1) is 20.7. The van der Waals surface area contributed by atoms with Crippen molar-refractivity contribution in [1.82, 2.24) is 26.6 Å². The van der Waals surface area contributed by atoms with Gasteiger partial charge in [-0.25, -0.2) is 0 Å². The van der Waals surface area contributed by atoms with Crippen LogP contribution in [0.2, 0.25) is 0 Å². The van der Waals surface area contributed by atoms with E-state index in [9.17, 15) is 39.0 Å². The summed E-state index contributed by atoms with van der Waals surface area (Å²) in [7, 11) is 0. The van der Waals surface area contributed by atoms with Gasteiger partial charge in [0.2, 0.25) is 29.5 Å². The first kappa shape index (κ1) is 41.7. The smallest absolute Gasteiger partial charge is 0.306 e. The Morgan fingerprint density at radius 1 is 0.556 bits per heavy atom. The van der Waals surface area contributed by atoms with Crippen LogP contribution in [0.15, 0.2) is 0 Å². The number of carbonyl (C=O) groups excluding carboxylic acids is 5. The molecule has 260 valence electrons. The molecule has 0 rings (SSSR count). The normalized spacial score (nSPS) is 16.3. The van der Waals surface area contributed by atoms with Crippen molar-refractivity contribution in [2.24, 2.45) is 23.7 Å². The molecular formula is C31H57N5O9. The van der Waals surface area contributed by atoms with Gasteiger partial charge in [-0.05, 0) is 43.4 Å². The summed E-state index contributed by atoms with van der Waals surface area (Å²) >= 11 is 0. The van der Waals surface area contributed by atoms with E-state index in [1.807, 2.05) is 27.7 Å². The fraction of sp³-hybridized carbons (Fsp3) is 0.806. The number of nitrogens with one attached hydrogen (secondary N) is 5. The zero-order valence-corrected chi connectivity index (χ0v) is 28.5. The fourth-order valence-corrected chi connectivity index (χ4v) is 4.77. The van der Waals surface area contributed by atoms with Gasteiger partial charge in [-0.2, -0.15) is 0 Å². The molecule has 0 aromatic carbocycles. The number of aliphatic hydroxyl groups is 2. The molecule has 14 heteroatoms. The summed E-state index contributed by atoms with van der Waals surface area (Å²) in [6.07, 6.45) is -3.01. The third-order valence-corrected chi connectivity index (χ3v) is 7.14. The van der Waals surface area contributed by atoms with Gasteiger partial charge in [0.15, 0.2) is 0 Å². The van der Waals surface area contributed by atoms with Crippen LogP contribution in [0.5, 0.6) is 0 Å². The molecule has 0 fully saturated rings. The van der Waals surface area contributed by atoms with Crippen LogP contribution in [-0.2, 0) is 28.8 Å². The SMILES string of the molecule is CC(=O)N[C@H](C(=O)N[C@H](C(=O)N[C@H](CC(C)C)[C@H](O)CC(=O)N[C@H](C)C(=O)N[C@H](CC(C)C)[C@H](O)CC(=O)O)C(C)C)C(C)C. The van der Waals surface area contributed by atoms with Crippen LogP contribution in [-0.4, -0.2) is 93.2 Å². The second kappa shape index (κ2) is 20.0. The van der Waals surface area contributed by atoms with E-state index in [2.05, 4.69) is 26.6 Å². The number of aliphatic hydroxyl groups excluding tert-OH is 2. The van der Waals surface area contributed by atoms with Crippen LogP contribution in [0.3, 0.4) is 0 Å². The average Bonchev–Trinajstić information content (AvgIpc) is 2.87.